The van der Waals surface area contributed by atoms with E-state index in [2.05, 4.69) is 31.0 Å². The van der Waals surface area contributed by atoms with E-state index in [1.807, 2.05) is 6.92 Å². The highest BCUT2D eigenvalue weighted by Crippen LogP contribution is 2.28. The molecule has 0 bridgehead atoms. The Balaban J connectivity index is 2.22. The van der Waals surface area contributed by atoms with Crippen molar-refractivity contribution in [3.05, 3.63) is 32.6 Å². The molecule has 1 atom stereocenters. The monoisotopic (exact) mass is 393 g/mol. The molecular formula is C12H16BrN3O3S2. The summed E-state index contributed by atoms with van der Waals surface area (Å²) in [6, 6.07) is 1.10. The molecule has 9 heteroatoms. The first-order valence-electron chi connectivity index (χ1n) is 6.21. The zero-order chi connectivity index (χ0) is 15.6. The Morgan fingerprint density at radius 2 is 2.24 bits per heavy atom. The van der Waals surface area contributed by atoms with Crippen LogP contribution in [0.25, 0.3) is 0 Å². The fourth-order valence-corrected chi connectivity index (χ4v) is 4.82. The van der Waals surface area contributed by atoms with Crippen molar-refractivity contribution in [2.75, 3.05) is 7.05 Å². The van der Waals surface area contributed by atoms with E-state index >= 15 is 0 Å². The Hall–Kier alpha value is -0.740. The summed E-state index contributed by atoms with van der Waals surface area (Å²) in [5.74, 6) is 0.544. The van der Waals surface area contributed by atoms with Gasteiger partial charge in [-0.2, -0.15) is 0 Å². The minimum absolute atomic E-state index is 0.0906. The van der Waals surface area contributed by atoms with E-state index in [4.69, 9.17) is 4.42 Å². The second-order valence-electron chi connectivity index (χ2n) is 4.53. The topological polar surface area (TPSA) is 84.2 Å². The van der Waals surface area contributed by atoms with Gasteiger partial charge in [0.2, 0.25) is 10.0 Å². The molecule has 0 fully saturated rings. The molecule has 0 saturated heterocycles. The van der Waals surface area contributed by atoms with Gasteiger partial charge in [0.1, 0.15) is 15.7 Å². The Kier molecular flexibility index (Phi) is 5.20. The Morgan fingerprint density at radius 1 is 1.52 bits per heavy atom. The fourth-order valence-electron chi connectivity index (χ4n) is 1.76. The minimum Gasteiger partial charge on any atom is -0.452 e. The molecule has 0 radical (unpaired) electrons. The molecular weight excluding hydrogens is 378 g/mol. The molecule has 0 aliphatic rings. The summed E-state index contributed by atoms with van der Waals surface area (Å²) < 4.78 is 33.0. The summed E-state index contributed by atoms with van der Waals surface area (Å²) in [7, 11) is -1.92. The summed E-state index contributed by atoms with van der Waals surface area (Å²) in [6.45, 7) is 4.15. The first kappa shape index (κ1) is 16.6. The lowest BCUT2D eigenvalue weighted by Gasteiger charge is -2.10. The van der Waals surface area contributed by atoms with Crippen LogP contribution in [0, 0.1) is 6.92 Å². The van der Waals surface area contributed by atoms with Crippen LogP contribution < -0.4 is 10.0 Å². The van der Waals surface area contributed by atoms with Crippen LogP contribution in [-0.2, 0) is 16.6 Å². The van der Waals surface area contributed by atoms with Crippen molar-refractivity contribution >= 4 is 37.3 Å². The third kappa shape index (κ3) is 3.92. The normalized spacial score (nSPS) is 13.5. The number of halogens is 1. The molecule has 2 aromatic rings. The average molecular weight is 394 g/mol. The largest absolute Gasteiger partial charge is 0.452 e. The van der Waals surface area contributed by atoms with E-state index in [0.29, 0.717) is 12.3 Å². The van der Waals surface area contributed by atoms with E-state index in [1.54, 1.807) is 20.2 Å². The highest BCUT2D eigenvalue weighted by atomic mass is 79.9. The molecule has 2 aromatic heterocycles. The highest BCUT2D eigenvalue weighted by molar-refractivity contribution is 9.10. The van der Waals surface area contributed by atoms with Crippen LogP contribution in [0.2, 0.25) is 0 Å². The number of hydrogen-bond donors (Lipinski definition) is 2. The number of rotatable bonds is 6. The zero-order valence-electron chi connectivity index (χ0n) is 11.8. The van der Waals surface area contributed by atoms with Crippen molar-refractivity contribution in [2.24, 2.45) is 0 Å². The van der Waals surface area contributed by atoms with Crippen LogP contribution in [0.4, 0.5) is 0 Å². The molecule has 0 saturated carbocycles. The van der Waals surface area contributed by atoms with Crippen LogP contribution >= 0.6 is 27.3 Å². The summed E-state index contributed by atoms with van der Waals surface area (Å²) in [6.07, 6.45) is 1.73. The van der Waals surface area contributed by atoms with Crippen molar-refractivity contribution in [1.82, 2.24) is 15.0 Å². The molecule has 116 valence electrons. The number of nitrogens with one attached hydrogen (secondary N) is 2. The molecule has 6 nitrogen and oxygen atoms in total. The first-order chi connectivity index (χ1) is 9.83. The van der Waals surface area contributed by atoms with Gasteiger partial charge >= 0.3 is 0 Å². The van der Waals surface area contributed by atoms with Gasteiger partial charge < -0.3 is 9.73 Å². The molecule has 2 N–H and O–H groups in total. The molecule has 1 unspecified atom stereocenters. The summed E-state index contributed by atoms with van der Waals surface area (Å²) in [5, 5.41) is 3.64. The number of aromatic nitrogens is 1. The van der Waals surface area contributed by atoms with E-state index in [0.717, 1.165) is 9.88 Å². The smallest absolute Gasteiger partial charge is 0.245 e. The van der Waals surface area contributed by atoms with Crippen molar-refractivity contribution in [3.8, 4) is 0 Å². The number of sulfonamides is 1. The third-order valence-corrected chi connectivity index (χ3v) is 6.18. The van der Waals surface area contributed by atoms with Gasteiger partial charge in [-0.3, -0.25) is 0 Å². The minimum atomic E-state index is -3.68. The van der Waals surface area contributed by atoms with Crippen molar-refractivity contribution < 1.29 is 12.8 Å². The van der Waals surface area contributed by atoms with E-state index < -0.39 is 16.1 Å². The van der Waals surface area contributed by atoms with Gasteiger partial charge in [0.25, 0.3) is 0 Å². The number of nitrogens with zero attached hydrogens (tertiary/aromatic N) is 1. The van der Waals surface area contributed by atoms with Crippen LogP contribution in [-0.4, -0.2) is 20.4 Å². The molecule has 0 aliphatic heterocycles. The average Bonchev–Trinajstić information content (AvgIpc) is 2.96. The van der Waals surface area contributed by atoms with Crippen LogP contribution in [0.5, 0.6) is 0 Å². The maximum Gasteiger partial charge on any atom is 0.245 e. The quantitative estimate of drug-likeness (QED) is 0.787. The lowest BCUT2D eigenvalue weighted by Crippen LogP contribution is -2.26. The first-order valence-corrected chi connectivity index (χ1v) is 9.30. The molecule has 0 aliphatic carbocycles. The third-order valence-electron chi connectivity index (χ3n) is 2.69. The number of thiazole rings is 1. The number of hydrogen-bond acceptors (Lipinski definition) is 6. The van der Waals surface area contributed by atoms with Gasteiger partial charge in [0.15, 0.2) is 4.67 Å². The predicted molar refractivity (Wildman–Crippen MR) is 84.8 cm³/mol. The van der Waals surface area contributed by atoms with Gasteiger partial charge in [-0.25, -0.2) is 18.1 Å². The lowest BCUT2D eigenvalue weighted by molar-refractivity contribution is 0.469. The lowest BCUT2D eigenvalue weighted by atomic mass is 10.4. The van der Waals surface area contributed by atoms with Crippen molar-refractivity contribution in [3.63, 3.8) is 0 Å². The molecule has 0 amide bonds. The maximum absolute atomic E-state index is 12.4. The number of aryl methyl sites for hydroxylation is 1. The highest BCUT2D eigenvalue weighted by Gasteiger charge is 2.25. The van der Waals surface area contributed by atoms with Gasteiger partial charge in [-0.05, 0) is 36.8 Å². The Labute approximate surface area is 136 Å². The molecule has 0 aromatic carbocycles. The van der Waals surface area contributed by atoms with Gasteiger partial charge in [-0.15, -0.1) is 11.3 Å². The van der Waals surface area contributed by atoms with Crippen molar-refractivity contribution in [1.29, 1.82) is 0 Å². The maximum atomic E-state index is 12.4. The SMILES string of the molecule is CNCc1cc(S(=O)(=O)NC(C)c2ncc(C)s2)c(Br)o1. The van der Waals surface area contributed by atoms with Gasteiger partial charge in [-0.1, -0.05) is 0 Å². The predicted octanol–water partition coefficient (Wildman–Crippen LogP) is 2.57. The van der Waals surface area contributed by atoms with Gasteiger partial charge in [0.05, 0.1) is 12.6 Å². The van der Waals surface area contributed by atoms with E-state index in [1.165, 1.54) is 17.4 Å². The molecule has 0 spiro atoms. The van der Waals surface area contributed by atoms with Gasteiger partial charge in [0, 0.05) is 17.1 Å². The Morgan fingerprint density at radius 3 is 2.81 bits per heavy atom. The van der Waals surface area contributed by atoms with E-state index in [9.17, 15) is 8.42 Å². The van der Waals surface area contributed by atoms with E-state index in [-0.39, 0.29) is 9.56 Å². The van der Waals surface area contributed by atoms with Crippen molar-refractivity contribution in [2.45, 2.75) is 31.3 Å². The molecule has 21 heavy (non-hydrogen) atoms. The summed E-state index contributed by atoms with van der Waals surface area (Å²) in [4.78, 5) is 5.33. The van der Waals surface area contributed by atoms with Crippen LogP contribution in [0.1, 0.15) is 28.6 Å². The Bertz CT molecular complexity index is 724. The molecule has 2 rings (SSSR count). The van der Waals surface area contributed by atoms with Crippen LogP contribution in [0.3, 0.4) is 0 Å². The zero-order valence-corrected chi connectivity index (χ0v) is 15.0. The second kappa shape index (κ2) is 6.57. The summed E-state index contributed by atoms with van der Waals surface area (Å²) >= 11 is 4.61. The number of furan rings is 1. The standard InChI is InChI=1S/C12H16BrN3O3S2/c1-7-5-15-12(20-7)8(2)16-21(17,18)10-4-9(6-14-3)19-11(10)13/h4-5,8,14,16H,6H2,1-3H3. The molecule has 2 heterocycles. The second-order valence-corrected chi connectivity index (χ2v) is 8.20. The summed E-state index contributed by atoms with van der Waals surface area (Å²) in [5.41, 5.74) is 0. The fraction of sp³-hybridized carbons (Fsp3) is 0.417. The van der Waals surface area contributed by atoms with Crippen LogP contribution in [0.15, 0.2) is 26.2 Å².